The molecular formula is C20H22N4O3. The summed E-state index contributed by atoms with van der Waals surface area (Å²) < 4.78 is 0. The number of carboxylic acid groups (broad SMARTS) is 1. The van der Waals surface area contributed by atoms with Gasteiger partial charge < -0.3 is 21.5 Å². The molecule has 0 bridgehead atoms. The summed E-state index contributed by atoms with van der Waals surface area (Å²) in [6.45, 7) is 0. The number of carboxylic acids is 1. The van der Waals surface area contributed by atoms with E-state index in [0.717, 1.165) is 24.1 Å². The number of para-hydroxylation sites is 1. The fraction of sp³-hybridized carbons (Fsp3) is 0.250. The van der Waals surface area contributed by atoms with Gasteiger partial charge in [-0.25, -0.2) is 4.79 Å². The van der Waals surface area contributed by atoms with E-state index in [0.29, 0.717) is 17.5 Å². The highest BCUT2D eigenvalue weighted by Crippen LogP contribution is 2.25. The lowest BCUT2D eigenvalue weighted by molar-refractivity contribution is -0.139. The summed E-state index contributed by atoms with van der Waals surface area (Å²) in [6.07, 6.45) is 2.34. The van der Waals surface area contributed by atoms with E-state index < -0.39 is 24.0 Å². The van der Waals surface area contributed by atoms with Crippen molar-refractivity contribution in [2.45, 2.75) is 31.3 Å². The second-order valence-corrected chi connectivity index (χ2v) is 6.58. The van der Waals surface area contributed by atoms with Gasteiger partial charge in [-0.15, -0.1) is 0 Å². The molecule has 0 aliphatic carbocycles. The van der Waals surface area contributed by atoms with Crippen molar-refractivity contribution < 1.29 is 14.7 Å². The van der Waals surface area contributed by atoms with Crippen LogP contribution in [0.1, 0.15) is 34.3 Å². The highest BCUT2D eigenvalue weighted by atomic mass is 16.4. The molecule has 0 aromatic heterocycles. The number of rotatable bonds is 5. The Morgan fingerprint density at radius 2 is 1.81 bits per heavy atom. The molecule has 1 amide bonds. The zero-order valence-electron chi connectivity index (χ0n) is 14.7. The van der Waals surface area contributed by atoms with Crippen LogP contribution >= 0.6 is 0 Å². The van der Waals surface area contributed by atoms with Crippen LogP contribution in [0.25, 0.3) is 0 Å². The molecule has 27 heavy (non-hydrogen) atoms. The Labute approximate surface area is 157 Å². The average molecular weight is 366 g/mol. The van der Waals surface area contributed by atoms with Gasteiger partial charge in [-0.2, -0.15) is 0 Å². The number of aliphatic carboxylic acids is 1. The number of amides is 1. The Hall–Kier alpha value is -3.35. The van der Waals surface area contributed by atoms with E-state index in [1.165, 1.54) is 12.1 Å². The van der Waals surface area contributed by atoms with E-state index in [9.17, 15) is 14.7 Å². The maximum atomic E-state index is 12.5. The molecule has 0 saturated carbocycles. The van der Waals surface area contributed by atoms with Gasteiger partial charge in [0.25, 0.3) is 5.91 Å². The molecule has 6 N–H and O–H groups in total. The topological polar surface area (TPSA) is 128 Å². The zero-order valence-corrected chi connectivity index (χ0v) is 14.7. The van der Waals surface area contributed by atoms with Gasteiger partial charge in [-0.3, -0.25) is 10.2 Å². The summed E-state index contributed by atoms with van der Waals surface area (Å²) in [5, 5.41) is 23.0. The van der Waals surface area contributed by atoms with Gasteiger partial charge in [0, 0.05) is 16.8 Å². The SMILES string of the molecule is N=C(N)c1ccc(C(=O)NC(C(=O)O)C2CCCc3ccccc3N2)cc1. The van der Waals surface area contributed by atoms with Crippen LogP contribution in [-0.4, -0.2) is 34.9 Å². The number of hydrogen-bond donors (Lipinski definition) is 5. The first-order valence-electron chi connectivity index (χ1n) is 8.78. The van der Waals surface area contributed by atoms with E-state index in [1.807, 2.05) is 24.3 Å². The van der Waals surface area contributed by atoms with E-state index in [2.05, 4.69) is 10.6 Å². The first-order valence-corrected chi connectivity index (χ1v) is 8.78. The molecule has 0 saturated heterocycles. The zero-order chi connectivity index (χ0) is 19.4. The van der Waals surface area contributed by atoms with Crippen LogP contribution in [0, 0.1) is 5.41 Å². The summed E-state index contributed by atoms with van der Waals surface area (Å²) in [6, 6.07) is 12.5. The fourth-order valence-electron chi connectivity index (χ4n) is 3.27. The minimum Gasteiger partial charge on any atom is -0.480 e. The predicted molar refractivity (Wildman–Crippen MR) is 103 cm³/mol. The van der Waals surface area contributed by atoms with E-state index in [4.69, 9.17) is 11.1 Å². The number of amidine groups is 1. The van der Waals surface area contributed by atoms with Crippen LogP contribution in [0.4, 0.5) is 5.69 Å². The number of carbonyl (C=O) groups excluding carboxylic acids is 1. The molecule has 1 heterocycles. The van der Waals surface area contributed by atoms with E-state index in [-0.39, 0.29) is 5.84 Å². The van der Waals surface area contributed by atoms with Crippen molar-refractivity contribution in [1.82, 2.24) is 5.32 Å². The first-order chi connectivity index (χ1) is 13.0. The third-order valence-corrected chi connectivity index (χ3v) is 4.73. The Balaban J connectivity index is 1.76. The summed E-state index contributed by atoms with van der Waals surface area (Å²) in [5.41, 5.74) is 8.29. The highest BCUT2D eigenvalue weighted by molar-refractivity contribution is 5.99. The monoisotopic (exact) mass is 366 g/mol. The molecule has 1 aliphatic rings. The van der Waals surface area contributed by atoms with Crippen molar-refractivity contribution in [3.63, 3.8) is 0 Å². The lowest BCUT2D eigenvalue weighted by Gasteiger charge is -2.25. The Bertz CT molecular complexity index is 864. The van der Waals surface area contributed by atoms with Gasteiger partial charge in [0.2, 0.25) is 0 Å². The number of nitrogens with two attached hydrogens (primary N) is 1. The van der Waals surface area contributed by atoms with Crippen LogP contribution < -0.4 is 16.4 Å². The van der Waals surface area contributed by atoms with Crippen molar-refractivity contribution in [2.75, 3.05) is 5.32 Å². The predicted octanol–water partition coefficient (Wildman–Crippen LogP) is 1.97. The third kappa shape index (κ3) is 4.25. The van der Waals surface area contributed by atoms with Gasteiger partial charge >= 0.3 is 5.97 Å². The average Bonchev–Trinajstić information content (AvgIpc) is 2.88. The normalized spacial score (nSPS) is 17.0. The maximum Gasteiger partial charge on any atom is 0.328 e. The molecule has 2 aromatic carbocycles. The molecule has 0 radical (unpaired) electrons. The summed E-state index contributed by atoms with van der Waals surface area (Å²) >= 11 is 0. The largest absolute Gasteiger partial charge is 0.480 e. The van der Waals surface area contributed by atoms with Gasteiger partial charge in [-0.1, -0.05) is 30.3 Å². The van der Waals surface area contributed by atoms with E-state index >= 15 is 0 Å². The highest BCUT2D eigenvalue weighted by Gasteiger charge is 2.31. The molecule has 2 unspecified atom stereocenters. The number of aryl methyl sites for hydroxylation is 1. The van der Waals surface area contributed by atoms with Crippen LogP contribution in [0.15, 0.2) is 48.5 Å². The number of hydrogen-bond acceptors (Lipinski definition) is 4. The van der Waals surface area contributed by atoms with Crippen LogP contribution in [0.3, 0.4) is 0 Å². The lowest BCUT2D eigenvalue weighted by Crippen LogP contribution is -2.51. The Kier molecular flexibility index (Phi) is 5.40. The maximum absolute atomic E-state index is 12.5. The Morgan fingerprint density at radius 3 is 2.48 bits per heavy atom. The summed E-state index contributed by atoms with van der Waals surface area (Å²) in [7, 11) is 0. The molecule has 2 atom stereocenters. The van der Waals surface area contributed by atoms with Crippen LogP contribution in [0.5, 0.6) is 0 Å². The second kappa shape index (κ2) is 7.90. The molecule has 7 nitrogen and oxygen atoms in total. The number of fused-ring (bicyclic) bond motifs is 1. The minimum absolute atomic E-state index is 0.0910. The number of nitrogen functional groups attached to an aromatic ring is 1. The number of benzene rings is 2. The van der Waals surface area contributed by atoms with Crippen LogP contribution in [-0.2, 0) is 11.2 Å². The third-order valence-electron chi connectivity index (χ3n) is 4.73. The van der Waals surface area contributed by atoms with Crippen molar-refractivity contribution in [3.05, 3.63) is 65.2 Å². The molecule has 0 fully saturated rings. The quantitative estimate of drug-likeness (QED) is 0.408. The molecule has 2 aromatic rings. The van der Waals surface area contributed by atoms with E-state index in [1.54, 1.807) is 12.1 Å². The summed E-state index contributed by atoms with van der Waals surface area (Å²) in [5.74, 6) is -1.65. The molecular weight excluding hydrogens is 344 g/mol. The molecule has 3 rings (SSSR count). The second-order valence-electron chi connectivity index (χ2n) is 6.58. The van der Waals surface area contributed by atoms with Crippen LogP contribution in [0.2, 0.25) is 0 Å². The smallest absolute Gasteiger partial charge is 0.328 e. The molecule has 140 valence electrons. The molecule has 1 aliphatic heterocycles. The van der Waals surface area contributed by atoms with Crippen molar-refractivity contribution in [3.8, 4) is 0 Å². The number of carbonyl (C=O) groups is 2. The lowest BCUT2D eigenvalue weighted by atomic mass is 10.0. The number of nitrogens with one attached hydrogen (secondary N) is 3. The van der Waals surface area contributed by atoms with Crippen molar-refractivity contribution in [1.29, 1.82) is 5.41 Å². The molecule has 7 heteroatoms. The van der Waals surface area contributed by atoms with Gasteiger partial charge in [0.1, 0.15) is 11.9 Å². The molecule has 0 spiro atoms. The number of anilines is 1. The van der Waals surface area contributed by atoms with Gasteiger partial charge in [-0.05, 0) is 43.0 Å². The van der Waals surface area contributed by atoms with Crippen molar-refractivity contribution >= 4 is 23.4 Å². The summed E-state index contributed by atoms with van der Waals surface area (Å²) in [4.78, 5) is 24.4. The van der Waals surface area contributed by atoms with Crippen molar-refractivity contribution in [2.24, 2.45) is 5.73 Å². The standard InChI is InChI=1S/C20H22N4O3/c21-18(22)13-8-10-14(11-9-13)19(25)24-17(20(26)27)16-7-3-5-12-4-1-2-6-15(12)23-16/h1-2,4,6,8-11,16-17,23H,3,5,7H2,(H3,21,22)(H,24,25)(H,26,27). The van der Waals surface area contributed by atoms with Gasteiger partial charge in [0.15, 0.2) is 0 Å². The Morgan fingerprint density at radius 1 is 1.15 bits per heavy atom. The van der Waals surface area contributed by atoms with Gasteiger partial charge in [0.05, 0.1) is 6.04 Å². The minimum atomic E-state index is -1.08. The first kappa shape index (κ1) is 18.4. The fourth-order valence-corrected chi connectivity index (χ4v) is 3.27.